The van der Waals surface area contributed by atoms with E-state index in [9.17, 15) is 8.42 Å². The summed E-state index contributed by atoms with van der Waals surface area (Å²) in [6.07, 6.45) is 0.461. The van der Waals surface area contributed by atoms with Gasteiger partial charge in [-0.25, -0.2) is 8.42 Å². The summed E-state index contributed by atoms with van der Waals surface area (Å²) in [6, 6.07) is 14.0. The summed E-state index contributed by atoms with van der Waals surface area (Å²) in [4.78, 5) is 0.281. The van der Waals surface area contributed by atoms with Gasteiger partial charge in [0.1, 0.15) is 0 Å². The first kappa shape index (κ1) is 16.1. The van der Waals surface area contributed by atoms with E-state index in [1.54, 1.807) is 36.4 Å². The third-order valence-corrected chi connectivity index (χ3v) is 6.69. The fourth-order valence-corrected chi connectivity index (χ4v) is 5.13. The molecule has 0 bridgehead atoms. The molecule has 126 valence electrons. The van der Waals surface area contributed by atoms with E-state index in [4.69, 9.17) is 9.47 Å². The maximum absolute atomic E-state index is 13.1. The zero-order valence-electron chi connectivity index (χ0n) is 12.8. The first-order valence-electron chi connectivity index (χ1n) is 7.69. The van der Waals surface area contributed by atoms with Gasteiger partial charge in [0.25, 0.3) is 10.0 Å². The first-order chi connectivity index (χ1) is 11.5. The summed E-state index contributed by atoms with van der Waals surface area (Å²) >= 11 is 3.46. The highest BCUT2D eigenvalue weighted by Crippen LogP contribution is 2.46. The minimum absolute atomic E-state index is 0.281. The summed E-state index contributed by atoms with van der Waals surface area (Å²) in [5.41, 5.74) is 1.36. The number of sulfonamides is 1. The van der Waals surface area contributed by atoms with E-state index in [0.717, 1.165) is 10.0 Å². The van der Waals surface area contributed by atoms with E-state index >= 15 is 0 Å². The topological polar surface area (TPSA) is 55.8 Å². The Balaban J connectivity index is 1.85. The minimum atomic E-state index is -3.63. The van der Waals surface area contributed by atoms with Gasteiger partial charge in [0, 0.05) is 23.0 Å². The van der Waals surface area contributed by atoms with Crippen molar-refractivity contribution in [2.24, 2.45) is 0 Å². The fraction of sp³-hybridized carbons (Fsp3) is 0.294. The fourth-order valence-electron chi connectivity index (χ4n) is 3.26. The Morgan fingerprint density at radius 1 is 1.04 bits per heavy atom. The molecule has 2 aromatic carbocycles. The molecule has 0 atom stereocenters. The van der Waals surface area contributed by atoms with Crippen LogP contribution in [0.5, 0.6) is 0 Å². The number of nitrogens with zero attached hydrogens (tertiary/aromatic N) is 1. The molecule has 1 fully saturated rings. The second-order valence-electron chi connectivity index (χ2n) is 5.75. The molecule has 5 nitrogen and oxygen atoms in total. The number of ether oxygens (including phenoxy) is 2. The van der Waals surface area contributed by atoms with Crippen LogP contribution in [-0.4, -0.2) is 28.2 Å². The van der Waals surface area contributed by atoms with Gasteiger partial charge in [-0.2, -0.15) is 0 Å². The molecule has 0 aromatic heterocycles. The Bertz CT molecular complexity index is 863. The molecule has 2 aliphatic rings. The summed E-state index contributed by atoms with van der Waals surface area (Å²) in [5.74, 6) is -0.845. The van der Waals surface area contributed by atoms with E-state index in [0.29, 0.717) is 31.9 Å². The van der Waals surface area contributed by atoms with Gasteiger partial charge in [0.2, 0.25) is 0 Å². The van der Waals surface area contributed by atoms with Gasteiger partial charge >= 0.3 is 0 Å². The number of rotatable bonds is 2. The second kappa shape index (κ2) is 5.84. The van der Waals surface area contributed by atoms with Gasteiger partial charge in [-0.15, -0.1) is 0 Å². The van der Waals surface area contributed by atoms with Crippen LogP contribution >= 0.6 is 15.9 Å². The second-order valence-corrected chi connectivity index (χ2v) is 8.53. The third kappa shape index (κ3) is 2.47. The van der Waals surface area contributed by atoms with Crippen LogP contribution in [0.3, 0.4) is 0 Å². The molecule has 24 heavy (non-hydrogen) atoms. The summed E-state index contributed by atoms with van der Waals surface area (Å²) in [5, 5.41) is 0. The highest BCUT2D eigenvalue weighted by atomic mass is 79.9. The lowest BCUT2D eigenvalue weighted by Crippen LogP contribution is -2.44. The van der Waals surface area contributed by atoms with Crippen molar-refractivity contribution in [1.29, 1.82) is 0 Å². The number of fused-ring (bicyclic) bond motifs is 2. The molecule has 2 aliphatic heterocycles. The van der Waals surface area contributed by atoms with E-state index in [-0.39, 0.29) is 4.90 Å². The van der Waals surface area contributed by atoms with E-state index < -0.39 is 15.8 Å². The van der Waals surface area contributed by atoms with Crippen molar-refractivity contribution in [1.82, 2.24) is 0 Å². The Labute approximate surface area is 149 Å². The first-order valence-corrected chi connectivity index (χ1v) is 9.92. The molecule has 1 saturated heterocycles. The van der Waals surface area contributed by atoms with Gasteiger partial charge < -0.3 is 9.47 Å². The molecule has 4 rings (SSSR count). The van der Waals surface area contributed by atoms with Gasteiger partial charge in [-0.3, -0.25) is 4.31 Å². The predicted octanol–water partition coefficient (Wildman–Crippen LogP) is 3.25. The summed E-state index contributed by atoms with van der Waals surface area (Å²) in [6.45, 7) is 1.33. The SMILES string of the molecule is O=S(=O)(c1ccccc1)N1CCC2(OCCO2)c2cc(Br)ccc21. The average molecular weight is 410 g/mol. The average Bonchev–Trinajstić information content (AvgIpc) is 3.06. The van der Waals surface area contributed by atoms with Crippen LogP contribution in [0.15, 0.2) is 57.9 Å². The van der Waals surface area contributed by atoms with Gasteiger partial charge in [0.05, 0.1) is 23.8 Å². The molecule has 0 N–H and O–H groups in total. The molecular weight excluding hydrogens is 394 g/mol. The Morgan fingerprint density at radius 2 is 1.75 bits per heavy atom. The van der Waals surface area contributed by atoms with Crippen molar-refractivity contribution in [3.05, 3.63) is 58.6 Å². The quantitative estimate of drug-likeness (QED) is 0.763. The number of anilines is 1. The van der Waals surface area contributed by atoms with Gasteiger partial charge in [-0.1, -0.05) is 34.1 Å². The van der Waals surface area contributed by atoms with Crippen LogP contribution in [-0.2, 0) is 25.3 Å². The van der Waals surface area contributed by atoms with Gasteiger partial charge in [-0.05, 0) is 30.3 Å². The van der Waals surface area contributed by atoms with E-state index in [2.05, 4.69) is 15.9 Å². The molecule has 7 heteroatoms. The van der Waals surface area contributed by atoms with Crippen LogP contribution in [0, 0.1) is 0 Å². The molecule has 0 unspecified atom stereocenters. The smallest absolute Gasteiger partial charge is 0.264 e. The largest absolute Gasteiger partial charge is 0.343 e. The zero-order valence-corrected chi connectivity index (χ0v) is 15.2. The summed E-state index contributed by atoms with van der Waals surface area (Å²) in [7, 11) is -3.63. The van der Waals surface area contributed by atoms with Crippen LogP contribution in [0.2, 0.25) is 0 Å². The zero-order chi connectivity index (χ0) is 16.8. The Morgan fingerprint density at radius 3 is 2.46 bits per heavy atom. The lowest BCUT2D eigenvalue weighted by atomic mass is 9.96. The Hall–Kier alpha value is -1.41. The van der Waals surface area contributed by atoms with Crippen molar-refractivity contribution >= 4 is 31.6 Å². The van der Waals surface area contributed by atoms with E-state index in [1.807, 2.05) is 12.1 Å². The van der Waals surface area contributed by atoms with Crippen molar-refractivity contribution < 1.29 is 17.9 Å². The number of halogens is 1. The highest BCUT2D eigenvalue weighted by Gasteiger charge is 2.46. The number of benzene rings is 2. The molecule has 0 radical (unpaired) electrons. The molecule has 0 saturated carbocycles. The molecule has 1 spiro atoms. The third-order valence-electron chi connectivity index (χ3n) is 4.37. The normalized spacial score (nSPS) is 19.5. The highest BCUT2D eigenvalue weighted by molar-refractivity contribution is 9.10. The minimum Gasteiger partial charge on any atom is -0.343 e. The number of hydrogen-bond donors (Lipinski definition) is 0. The molecule has 2 aromatic rings. The van der Waals surface area contributed by atoms with Crippen LogP contribution in [0.4, 0.5) is 5.69 Å². The van der Waals surface area contributed by atoms with E-state index in [1.165, 1.54) is 4.31 Å². The lowest BCUT2D eigenvalue weighted by molar-refractivity contribution is -0.170. The van der Waals surface area contributed by atoms with Crippen LogP contribution in [0.25, 0.3) is 0 Å². The standard InChI is InChI=1S/C17H16BrNO4S/c18-13-6-7-16-15(12-13)17(22-10-11-23-17)8-9-19(16)24(20,21)14-4-2-1-3-5-14/h1-7,12H,8-11H2. The van der Waals surface area contributed by atoms with Crippen molar-refractivity contribution in [2.45, 2.75) is 17.1 Å². The monoisotopic (exact) mass is 409 g/mol. The van der Waals surface area contributed by atoms with Crippen LogP contribution in [0.1, 0.15) is 12.0 Å². The lowest BCUT2D eigenvalue weighted by Gasteiger charge is -2.39. The molecule has 0 amide bonds. The maximum Gasteiger partial charge on any atom is 0.264 e. The number of hydrogen-bond acceptors (Lipinski definition) is 4. The molecule has 2 heterocycles. The summed E-state index contributed by atoms with van der Waals surface area (Å²) < 4.78 is 40.2. The van der Waals surface area contributed by atoms with Crippen molar-refractivity contribution in [3.63, 3.8) is 0 Å². The van der Waals surface area contributed by atoms with Crippen LogP contribution < -0.4 is 4.31 Å². The molecular formula is C17H16BrNO4S. The molecule has 0 aliphatic carbocycles. The van der Waals surface area contributed by atoms with Crippen molar-refractivity contribution in [2.75, 3.05) is 24.1 Å². The van der Waals surface area contributed by atoms with Gasteiger partial charge in [0.15, 0.2) is 5.79 Å². The Kier molecular flexibility index (Phi) is 3.91. The van der Waals surface area contributed by atoms with Crippen molar-refractivity contribution in [3.8, 4) is 0 Å². The predicted molar refractivity (Wildman–Crippen MR) is 93.3 cm³/mol. The maximum atomic E-state index is 13.1.